The Morgan fingerprint density at radius 2 is 2.00 bits per heavy atom. The van der Waals surface area contributed by atoms with Crippen LogP contribution in [-0.2, 0) is 5.92 Å². The van der Waals surface area contributed by atoms with E-state index in [1.807, 2.05) is 0 Å². The Kier molecular flexibility index (Phi) is 3.15. The lowest BCUT2D eigenvalue weighted by molar-refractivity contribution is -0.0556. The zero-order chi connectivity index (χ0) is 10.8. The molecule has 0 radical (unpaired) electrons. The molecule has 0 spiro atoms. The molecule has 0 saturated heterocycles. The predicted molar refractivity (Wildman–Crippen MR) is 48.5 cm³/mol. The van der Waals surface area contributed by atoms with Gasteiger partial charge in [0.25, 0.3) is 5.92 Å². The molecule has 1 aromatic carbocycles. The molecule has 78 valence electrons. The smallest absolute Gasteiger partial charge is 0.295 e. The number of hydrogen-bond donors (Lipinski definition) is 3. The van der Waals surface area contributed by atoms with E-state index in [4.69, 9.17) is 16.6 Å². The highest BCUT2D eigenvalue weighted by atomic mass is 19.3. The first-order chi connectivity index (χ1) is 6.47. The Morgan fingerprint density at radius 3 is 2.50 bits per heavy atom. The van der Waals surface area contributed by atoms with Gasteiger partial charge in [-0.05, 0) is 11.6 Å². The largest absolute Gasteiger partial charge is 0.390 e. The summed E-state index contributed by atoms with van der Waals surface area (Å²) in [4.78, 5) is 0. The Hall–Kier alpha value is -1.04. The molecule has 0 bridgehead atoms. The van der Waals surface area contributed by atoms with Crippen LogP contribution >= 0.6 is 0 Å². The fourth-order valence-electron chi connectivity index (χ4n) is 1.06. The van der Waals surface area contributed by atoms with E-state index in [2.05, 4.69) is 0 Å². The van der Waals surface area contributed by atoms with Gasteiger partial charge in [-0.25, -0.2) is 0 Å². The Labute approximate surface area is 80.3 Å². The average molecular weight is 202 g/mol. The van der Waals surface area contributed by atoms with Crippen molar-refractivity contribution in [2.24, 2.45) is 11.5 Å². The normalized spacial score (nSPS) is 12.1. The number of rotatable bonds is 3. The van der Waals surface area contributed by atoms with Crippen LogP contribution in [0.5, 0.6) is 0 Å². The number of halogens is 2. The fraction of sp³-hybridized carbons (Fsp3) is 0.333. The minimum atomic E-state index is -3.25. The molecule has 1 aromatic rings. The van der Waals surface area contributed by atoms with Crippen molar-refractivity contribution in [3.05, 3.63) is 35.4 Å². The van der Waals surface area contributed by atoms with Crippen LogP contribution in [0.4, 0.5) is 8.78 Å². The number of aliphatic hydroxyl groups is 1. The Morgan fingerprint density at radius 1 is 1.36 bits per heavy atom. The predicted octanol–water partition coefficient (Wildman–Crippen LogP) is 0.687. The molecular weight excluding hydrogens is 190 g/mol. The minimum Gasteiger partial charge on any atom is -0.390 e. The van der Waals surface area contributed by atoms with Crippen LogP contribution in [0.2, 0.25) is 0 Å². The lowest BCUT2D eigenvalue weighted by atomic mass is 10.0. The first-order valence-corrected chi connectivity index (χ1v) is 4.07. The van der Waals surface area contributed by atoms with Crippen molar-refractivity contribution in [3.8, 4) is 0 Å². The number of alkyl halides is 2. The summed E-state index contributed by atoms with van der Waals surface area (Å²) in [7, 11) is 0. The number of hydrogen-bond acceptors (Lipinski definition) is 3. The molecular formula is C9H12F2N2O. The third kappa shape index (κ3) is 2.25. The van der Waals surface area contributed by atoms with Crippen molar-refractivity contribution in [2.75, 3.05) is 6.61 Å². The van der Waals surface area contributed by atoms with Crippen molar-refractivity contribution in [3.63, 3.8) is 0 Å². The Balaban J connectivity index is 3.05. The van der Waals surface area contributed by atoms with Gasteiger partial charge in [-0.2, -0.15) is 8.78 Å². The molecule has 0 saturated carbocycles. The van der Waals surface area contributed by atoms with Gasteiger partial charge in [-0.15, -0.1) is 0 Å². The van der Waals surface area contributed by atoms with E-state index in [-0.39, 0.29) is 5.56 Å². The summed E-state index contributed by atoms with van der Waals surface area (Å²) in [5, 5.41) is 8.46. The second-order valence-electron chi connectivity index (χ2n) is 3.01. The van der Waals surface area contributed by atoms with Gasteiger partial charge in [0, 0.05) is 5.56 Å². The third-order valence-corrected chi connectivity index (χ3v) is 1.89. The highest BCUT2D eigenvalue weighted by Gasteiger charge is 2.30. The topological polar surface area (TPSA) is 72.3 Å². The van der Waals surface area contributed by atoms with Crippen LogP contribution in [0.1, 0.15) is 17.3 Å². The molecule has 5 N–H and O–H groups in total. The molecule has 5 heteroatoms. The monoisotopic (exact) mass is 202 g/mol. The molecule has 14 heavy (non-hydrogen) atoms. The van der Waals surface area contributed by atoms with Crippen molar-refractivity contribution in [1.29, 1.82) is 0 Å². The molecule has 0 heterocycles. The second-order valence-corrected chi connectivity index (χ2v) is 3.01. The van der Waals surface area contributed by atoms with Gasteiger partial charge in [0.1, 0.15) is 6.61 Å². The average Bonchev–Trinajstić information content (AvgIpc) is 2.18. The molecule has 3 nitrogen and oxygen atoms in total. The zero-order valence-corrected chi connectivity index (χ0v) is 7.45. The summed E-state index contributed by atoms with van der Waals surface area (Å²) in [5.74, 6) is -3.25. The maximum atomic E-state index is 13.0. The zero-order valence-electron chi connectivity index (χ0n) is 7.45. The molecule has 0 fully saturated rings. The fourth-order valence-corrected chi connectivity index (χ4v) is 1.06. The van der Waals surface area contributed by atoms with Gasteiger partial charge >= 0.3 is 0 Å². The van der Waals surface area contributed by atoms with E-state index in [0.717, 1.165) is 0 Å². The summed E-state index contributed by atoms with van der Waals surface area (Å²) >= 11 is 0. The van der Waals surface area contributed by atoms with E-state index in [1.165, 1.54) is 18.2 Å². The van der Waals surface area contributed by atoms with Gasteiger partial charge in [0.15, 0.2) is 0 Å². The summed E-state index contributed by atoms with van der Waals surface area (Å²) < 4.78 is 26.0. The summed E-state index contributed by atoms with van der Waals surface area (Å²) in [6.07, 6.45) is -0.788. The van der Waals surface area contributed by atoms with Crippen LogP contribution in [0.25, 0.3) is 0 Å². The molecule has 0 aliphatic heterocycles. The van der Waals surface area contributed by atoms with Gasteiger partial charge in [0.2, 0.25) is 0 Å². The highest BCUT2D eigenvalue weighted by Crippen LogP contribution is 2.28. The first-order valence-electron chi connectivity index (χ1n) is 4.07. The van der Waals surface area contributed by atoms with Crippen LogP contribution in [0.3, 0.4) is 0 Å². The van der Waals surface area contributed by atoms with Crippen molar-refractivity contribution in [1.82, 2.24) is 0 Å². The van der Waals surface area contributed by atoms with E-state index in [1.54, 1.807) is 6.07 Å². The van der Waals surface area contributed by atoms with Gasteiger partial charge in [-0.1, -0.05) is 18.2 Å². The molecule has 0 atom stereocenters. The van der Waals surface area contributed by atoms with Crippen LogP contribution in [-0.4, -0.2) is 11.7 Å². The lowest BCUT2D eigenvalue weighted by Crippen LogP contribution is -2.22. The molecule has 0 aromatic heterocycles. The number of benzene rings is 1. The van der Waals surface area contributed by atoms with E-state index in [9.17, 15) is 8.78 Å². The summed E-state index contributed by atoms with van der Waals surface area (Å²) in [5.41, 5.74) is 10.8. The van der Waals surface area contributed by atoms with Crippen LogP contribution in [0.15, 0.2) is 24.3 Å². The molecule has 0 amide bonds. The van der Waals surface area contributed by atoms with Crippen molar-refractivity contribution in [2.45, 2.75) is 12.1 Å². The van der Waals surface area contributed by atoms with Crippen LogP contribution < -0.4 is 11.5 Å². The van der Waals surface area contributed by atoms with Crippen LogP contribution in [0, 0.1) is 0 Å². The second kappa shape index (κ2) is 4.00. The maximum absolute atomic E-state index is 13.0. The SMILES string of the molecule is NC(N)c1cccc(C(F)(F)CO)c1. The molecule has 1 rings (SSSR count). The summed E-state index contributed by atoms with van der Waals surface area (Å²) in [6, 6.07) is 5.41. The van der Waals surface area contributed by atoms with Crippen molar-refractivity contribution < 1.29 is 13.9 Å². The van der Waals surface area contributed by atoms with E-state index < -0.39 is 18.7 Å². The Bertz CT molecular complexity index is 315. The van der Waals surface area contributed by atoms with E-state index in [0.29, 0.717) is 5.56 Å². The standard InChI is InChI=1S/C9H12F2N2O/c10-9(11,5-14)7-3-1-2-6(4-7)8(12)13/h1-4,8,14H,5,12-13H2. The molecule has 0 aliphatic rings. The van der Waals surface area contributed by atoms with Gasteiger partial charge < -0.3 is 16.6 Å². The summed E-state index contributed by atoms with van der Waals surface area (Å²) in [6.45, 7) is -1.23. The lowest BCUT2D eigenvalue weighted by Gasteiger charge is -2.15. The first kappa shape index (κ1) is 11.0. The van der Waals surface area contributed by atoms with Gasteiger partial charge in [-0.3, -0.25) is 0 Å². The van der Waals surface area contributed by atoms with E-state index >= 15 is 0 Å². The molecule has 0 aliphatic carbocycles. The number of aliphatic hydroxyl groups excluding tert-OH is 1. The van der Waals surface area contributed by atoms with Crippen molar-refractivity contribution >= 4 is 0 Å². The highest BCUT2D eigenvalue weighted by molar-refractivity contribution is 5.28. The number of nitrogens with two attached hydrogens (primary N) is 2. The quantitative estimate of drug-likeness (QED) is 0.631. The molecule has 0 unspecified atom stereocenters. The van der Waals surface area contributed by atoms with Gasteiger partial charge in [0.05, 0.1) is 6.17 Å². The maximum Gasteiger partial charge on any atom is 0.295 e. The third-order valence-electron chi connectivity index (χ3n) is 1.89. The minimum absolute atomic E-state index is 0.279.